The SMILES string of the molecule is COc1cccc(/C(O)=C2\C(=O)C(=O)N(CCc3ccccc3)C2c2ccncc2)c1. The van der Waals surface area contributed by atoms with Crippen molar-refractivity contribution in [3.63, 3.8) is 0 Å². The molecule has 3 aromatic rings. The van der Waals surface area contributed by atoms with E-state index in [-0.39, 0.29) is 11.3 Å². The molecule has 0 spiro atoms. The predicted molar refractivity (Wildman–Crippen MR) is 116 cm³/mol. The molecule has 0 aliphatic carbocycles. The summed E-state index contributed by atoms with van der Waals surface area (Å²) in [5.41, 5.74) is 2.26. The third-order valence-corrected chi connectivity index (χ3v) is 5.39. The van der Waals surface area contributed by atoms with Gasteiger partial charge in [-0.05, 0) is 41.8 Å². The molecule has 2 aromatic carbocycles. The lowest BCUT2D eigenvalue weighted by molar-refractivity contribution is -0.139. The van der Waals surface area contributed by atoms with Crippen molar-refractivity contribution in [2.75, 3.05) is 13.7 Å². The largest absolute Gasteiger partial charge is 0.507 e. The van der Waals surface area contributed by atoms with Gasteiger partial charge in [0, 0.05) is 24.5 Å². The van der Waals surface area contributed by atoms with E-state index in [2.05, 4.69) is 4.98 Å². The lowest BCUT2D eigenvalue weighted by atomic mass is 9.95. The fourth-order valence-corrected chi connectivity index (χ4v) is 3.82. The summed E-state index contributed by atoms with van der Waals surface area (Å²) in [5.74, 6) is -0.999. The zero-order valence-corrected chi connectivity index (χ0v) is 17.1. The van der Waals surface area contributed by atoms with Crippen molar-refractivity contribution in [3.8, 4) is 5.75 Å². The molecule has 6 nitrogen and oxygen atoms in total. The Labute approximate surface area is 180 Å². The number of nitrogens with zero attached hydrogens (tertiary/aromatic N) is 2. The number of aliphatic hydroxyl groups excluding tert-OH is 1. The van der Waals surface area contributed by atoms with Crippen molar-refractivity contribution in [1.29, 1.82) is 0 Å². The summed E-state index contributed by atoms with van der Waals surface area (Å²) in [4.78, 5) is 31.6. The highest BCUT2D eigenvalue weighted by atomic mass is 16.5. The minimum atomic E-state index is -0.699. The first kappa shape index (κ1) is 20.3. The molecule has 1 saturated heterocycles. The normalized spacial score (nSPS) is 17.7. The Morgan fingerprint density at radius 1 is 1.03 bits per heavy atom. The number of amides is 1. The Balaban J connectivity index is 1.78. The molecule has 1 aromatic heterocycles. The third kappa shape index (κ3) is 4.05. The summed E-state index contributed by atoms with van der Waals surface area (Å²) in [6.07, 6.45) is 3.81. The number of rotatable bonds is 6. The molecule has 1 aliphatic rings. The summed E-state index contributed by atoms with van der Waals surface area (Å²) < 4.78 is 5.23. The van der Waals surface area contributed by atoms with Gasteiger partial charge in [0.05, 0.1) is 18.7 Å². The van der Waals surface area contributed by atoms with Gasteiger partial charge < -0.3 is 14.7 Å². The topological polar surface area (TPSA) is 79.7 Å². The average Bonchev–Trinajstić information content (AvgIpc) is 3.08. The summed E-state index contributed by atoms with van der Waals surface area (Å²) >= 11 is 0. The molecule has 0 saturated carbocycles. The number of aromatic nitrogens is 1. The standard InChI is InChI=1S/C25H22N2O4/c1-31-20-9-5-8-19(16-20)23(28)21-22(18-10-13-26-14-11-18)27(25(30)24(21)29)15-12-17-6-3-2-4-7-17/h2-11,13-14,16,22,28H,12,15H2,1H3/b23-21+. The average molecular weight is 414 g/mol. The summed E-state index contributed by atoms with van der Waals surface area (Å²) in [7, 11) is 1.53. The first-order valence-electron chi connectivity index (χ1n) is 9.97. The zero-order chi connectivity index (χ0) is 21.8. The molecule has 31 heavy (non-hydrogen) atoms. The first-order chi connectivity index (χ1) is 15.1. The minimum absolute atomic E-state index is 0.0671. The van der Waals surface area contributed by atoms with Crippen LogP contribution < -0.4 is 4.74 Å². The van der Waals surface area contributed by atoms with E-state index in [4.69, 9.17) is 4.74 Å². The van der Waals surface area contributed by atoms with Crippen LogP contribution in [0.3, 0.4) is 0 Å². The molecule has 1 N–H and O–H groups in total. The molecule has 0 radical (unpaired) electrons. The predicted octanol–water partition coefficient (Wildman–Crippen LogP) is 3.75. The number of Topliss-reactive ketones (excluding diaryl/α,β-unsaturated/α-hetero) is 1. The molecule has 6 heteroatoms. The van der Waals surface area contributed by atoms with Crippen LogP contribution in [-0.4, -0.2) is 40.3 Å². The Hall–Kier alpha value is -3.93. The molecule has 1 amide bonds. The monoisotopic (exact) mass is 414 g/mol. The van der Waals surface area contributed by atoms with Gasteiger partial charge in [-0.3, -0.25) is 14.6 Å². The van der Waals surface area contributed by atoms with Gasteiger partial charge in [0.25, 0.3) is 11.7 Å². The molecule has 1 aliphatic heterocycles. The van der Waals surface area contributed by atoms with Crippen LogP contribution in [0.25, 0.3) is 5.76 Å². The number of aliphatic hydroxyl groups is 1. The van der Waals surface area contributed by atoms with Crippen LogP contribution in [0.4, 0.5) is 0 Å². The number of ketones is 1. The van der Waals surface area contributed by atoms with Crippen molar-refractivity contribution in [3.05, 3.63) is 101 Å². The van der Waals surface area contributed by atoms with Crippen LogP contribution in [0.5, 0.6) is 5.75 Å². The summed E-state index contributed by atoms with van der Waals surface area (Å²) in [6, 6.07) is 19.4. The van der Waals surface area contributed by atoms with Crippen LogP contribution in [0.1, 0.15) is 22.7 Å². The fourth-order valence-electron chi connectivity index (χ4n) is 3.82. The Kier molecular flexibility index (Phi) is 5.80. The maximum Gasteiger partial charge on any atom is 0.295 e. The Morgan fingerprint density at radius 2 is 1.77 bits per heavy atom. The Morgan fingerprint density at radius 3 is 2.48 bits per heavy atom. The number of ether oxygens (including phenoxy) is 1. The second-order valence-corrected chi connectivity index (χ2v) is 7.24. The van der Waals surface area contributed by atoms with Crippen LogP contribution in [0.2, 0.25) is 0 Å². The van der Waals surface area contributed by atoms with E-state index in [1.54, 1.807) is 48.8 Å². The van der Waals surface area contributed by atoms with Gasteiger partial charge in [-0.1, -0.05) is 42.5 Å². The fraction of sp³-hybridized carbons (Fsp3) is 0.160. The maximum atomic E-state index is 13.0. The van der Waals surface area contributed by atoms with Crippen LogP contribution >= 0.6 is 0 Å². The molecule has 0 bridgehead atoms. The van der Waals surface area contributed by atoms with Crippen LogP contribution in [-0.2, 0) is 16.0 Å². The lowest BCUT2D eigenvalue weighted by Crippen LogP contribution is -2.31. The number of hydrogen-bond acceptors (Lipinski definition) is 5. The van der Waals surface area contributed by atoms with Gasteiger partial charge in [-0.15, -0.1) is 0 Å². The van der Waals surface area contributed by atoms with Gasteiger partial charge in [0.15, 0.2) is 0 Å². The van der Waals surface area contributed by atoms with Crippen molar-refractivity contribution in [2.45, 2.75) is 12.5 Å². The van der Waals surface area contributed by atoms with E-state index in [0.717, 1.165) is 5.56 Å². The Bertz CT molecular complexity index is 1130. The van der Waals surface area contributed by atoms with Crippen molar-refractivity contribution in [1.82, 2.24) is 9.88 Å². The molecule has 1 fully saturated rings. The molecule has 2 heterocycles. The van der Waals surface area contributed by atoms with Gasteiger partial charge in [0.2, 0.25) is 0 Å². The lowest BCUT2D eigenvalue weighted by Gasteiger charge is -2.25. The maximum absolute atomic E-state index is 13.0. The minimum Gasteiger partial charge on any atom is -0.507 e. The number of hydrogen-bond donors (Lipinski definition) is 1. The second-order valence-electron chi connectivity index (χ2n) is 7.24. The zero-order valence-electron chi connectivity index (χ0n) is 17.1. The molecular formula is C25H22N2O4. The van der Waals surface area contributed by atoms with E-state index in [1.165, 1.54) is 12.0 Å². The third-order valence-electron chi connectivity index (χ3n) is 5.39. The van der Waals surface area contributed by atoms with Crippen LogP contribution in [0.15, 0.2) is 84.7 Å². The van der Waals surface area contributed by atoms with Gasteiger partial charge in [-0.2, -0.15) is 0 Å². The van der Waals surface area contributed by atoms with Gasteiger partial charge in [0.1, 0.15) is 11.5 Å². The smallest absolute Gasteiger partial charge is 0.295 e. The molecule has 156 valence electrons. The highest BCUT2D eigenvalue weighted by Gasteiger charge is 2.45. The van der Waals surface area contributed by atoms with Gasteiger partial charge >= 0.3 is 0 Å². The van der Waals surface area contributed by atoms with Crippen molar-refractivity contribution >= 4 is 17.4 Å². The molecular weight excluding hydrogens is 392 g/mol. The van der Waals surface area contributed by atoms with E-state index in [0.29, 0.717) is 29.8 Å². The highest BCUT2D eigenvalue weighted by Crippen LogP contribution is 2.39. The van der Waals surface area contributed by atoms with Gasteiger partial charge in [-0.25, -0.2) is 0 Å². The quantitative estimate of drug-likeness (QED) is 0.377. The molecule has 1 atom stereocenters. The summed E-state index contributed by atoms with van der Waals surface area (Å²) in [5, 5.41) is 11.1. The van der Waals surface area contributed by atoms with Crippen LogP contribution in [0, 0.1) is 0 Å². The molecule has 4 rings (SSSR count). The van der Waals surface area contributed by atoms with Crippen molar-refractivity contribution < 1.29 is 19.4 Å². The van der Waals surface area contributed by atoms with E-state index in [1.807, 2.05) is 30.3 Å². The van der Waals surface area contributed by atoms with Crippen molar-refractivity contribution in [2.24, 2.45) is 0 Å². The first-order valence-corrected chi connectivity index (χ1v) is 9.97. The van der Waals surface area contributed by atoms with E-state index >= 15 is 0 Å². The van der Waals surface area contributed by atoms with E-state index < -0.39 is 17.7 Å². The molecule has 1 unspecified atom stereocenters. The number of methoxy groups -OCH3 is 1. The summed E-state index contributed by atoms with van der Waals surface area (Å²) in [6.45, 7) is 0.344. The number of carbonyl (C=O) groups is 2. The number of pyridine rings is 1. The number of likely N-dealkylation sites (tertiary alicyclic amines) is 1. The number of benzene rings is 2. The number of carbonyl (C=O) groups excluding carboxylic acids is 2. The highest BCUT2D eigenvalue weighted by molar-refractivity contribution is 6.46. The van der Waals surface area contributed by atoms with E-state index in [9.17, 15) is 14.7 Å². The second kappa shape index (κ2) is 8.83.